The number of benzene rings is 1. The van der Waals surface area contributed by atoms with E-state index in [-0.39, 0.29) is 0 Å². The number of nitrogens with zero attached hydrogens (tertiary/aromatic N) is 2. The number of para-hydroxylation sites is 1. The molecule has 86 valence electrons. The average molecular weight is 243 g/mol. The Hall–Kier alpha value is -1.94. The number of pyridine rings is 1. The second-order valence-electron chi connectivity index (χ2n) is 3.65. The van der Waals surface area contributed by atoms with Crippen LogP contribution in [0.2, 0.25) is 0 Å². The highest BCUT2D eigenvalue weighted by Gasteiger charge is 2.10. The maximum atomic E-state index is 5.72. The van der Waals surface area contributed by atoms with E-state index < -0.39 is 0 Å². The summed E-state index contributed by atoms with van der Waals surface area (Å²) < 4.78 is 0. The van der Waals surface area contributed by atoms with Crippen molar-refractivity contribution in [3.63, 3.8) is 0 Å². The number of nitrogens with two attached hydrogens (primary N) is 1. The van der Waals surface area contributed by atoms with Crippen LogP contribution < -0.4 is 10.6 Å². The van der Waals surface area contributed by atoms with Crippen molar-refractivity contribution in [3.05, 3.63) is 54.4 Å². The zero-order valence-corrected chi connectivity index (χ0v) is 10.3. The highest BCUT2D eigenvalue weighted by Crippen LogP contribution is 2.25. The molecule has 3 nitrogen and oxygen atoms in total. The van der Waals surface area contributed by atoms with Gasteiger partial charge in [0.25, 0.3) is 0 Å². The fourth-order valence-electron chi connectivity index (χ4n) is 1.67. The van der Waals surface area contributed by atoms with Gasteiger partial charge >= 0.3 is 0 Å². The highest BCUT2D eigenvalue weighted by molar-refractivity contribution is 7.80. The summed E-state index contributed by atoms with van der Waals surface area (Å²) in [5, 5.41) is 0. The summed E-state index contributed by atoms with van der Waals surface area (Å²) in [6.07, 6.45) is 3.55. The third kappa shape index (κ3) is 2.42. The van der Waals surface area contributed by atoms with Gasteiger partial charge in [0, 0.05) is 18.8 Å². The van der Waals surface area contributed by atoms with Gasteiger partial charge in [-0.15, -0.1) is 0 Å². The first-order valence-electron chi connectivity index (χ1n) is 5.22. The first kappa shape index (κ1) is 11.5. The van der Waals surface area contributed by atoms with Gasteiger partial charge < -0.3 is 10.6 Å². The predicted molar refractivity (Wildman–Crippen MR) is 74.6 cm³/mol. The minimum Gasteiger partial charge on any atom is -0.389 e. The van der Waals surface area contributed by atoms with Crippen molar-refractivity contribution in [2.45, 2.75) is 0 Å². The molecule has 17 heavy (non-hydrogen) atoms. The zero-order chi connectivity index (χ0) is 12.3. The molecular weight excluding hydrogens is 230 g/mol. The van der Waals surface area contributed by atoms with Gasteiger partial charge in [0.15, 0.2) is 0 Å². The third-order valence-electron chi connectivity index (χ3n) is 2.56. The molecule has 2 rings (SSSR count). The molecular formula is C13H13N3S. The van der Waals surface area contributed by atoms with Crippen LogP contribution in [0.4, 0.5) is 11.4 Å². The Labute approximate surface area is 106 Å². The van der Waals surface area contributed by atoms with E-state index in [0.29, 0.717) is 4.99 Å². The van der Waals surface area contributed by atoms with E-state index in [0.717, 1.165) is 16.9 Å². The molecule has 0 aliphatic carbocycles. The largest absolute Gasteiger partial charge is 0.389 e. The Balaban J connectivity index is 2.44. The van der Waals surface area contributed by atoms with Gasteiger partial charge in [-0.2, -0.15) is 0 Å². The number of aromatic nitrogens is 1. The van der Waals surface area contributed by atoms with Gasteiger partial charge in [-0.1, -0.05) is 24.4 Å². The Kier molecular flexibility index (Phi) is 3.35. The SMILES string of the molecule is CN(c1cccnc1)c1ccccc1C(N)=S. The highest BCUT2D eigenvalue weighted by atomic mass is 32.1. The zero-order valence-electron chi connectivity index (χ0n) is 9.50. The van der Waals surface area contributed by atoms with E-state index in [2.05, 4.69) is 4.98 Å². The smallest absolute Gasteiger partial charge is 0.106 e. The number of anilines is 2. The van der Waals surface area contributed by atoms with Crippen LogP contribution in [0, 0.1) is 0 Å². The summed E-state index contributed by atoms with van der Waals surface area (Å²) in [5.74, 6) is 0. The second-order valence-corrected chi connectivity index (χ2v) is 4.09. The van der Waals surface area contributed by atoms with Gasteiger partial charge in [0.05, 0.1) is 17.6 Å². The standard InChI is InChI=1S/C13H13N3S/c1-16(10-5-4-8-15-9-10)12-7-3-2-6-11(12)13(14)17/h2-9H,1H3,(H2,14,17). The lowest BCUT2D eigenvalue weighted by atomic mass is 10.1. The molecule has 0 saturated heterocycles. The van der Waals surface area contributed by atoms with Crippen molar-refractivity contribution in [1.29, 1.82) is 0 Å². The second kappa shape index (κ2) is 4.93. The lowest BCUT2D eigenvalue weighted by Gasteiger charge is -2.21. The Morgan fingerprint density at radius 1 is 1.24 bits per heavy atom. The van der Waals surface area contributed by atoms with E-state index in [1.165, 1.54) is 0 Å². The van der Waals surface area contributed by atoms with E-state index in [4.69, 9.17) is 18.0 Å². The molecule has 2 aromatic rings. The summed E-state index contributed by atoms with van der Waals surface area (Å²) in [6.45, 7) is 0. The number of hydrogen-bond acceptors (Lipinski definition) is 3. The van der Waals surface area contributed by atoms with Crippen LogP contribution in [0.1, 0.15) is 5.56 Å². The molecule has 0 atom stereocenters. The lowest BCUT2D eigenvalue weighted by Crippen LogP contribution is -2.17. The third-order valence-corrected chi connectivity index (χ3v) is 2.78. The van der Waals surface area contributed by atoms with Gasteiger partial charge in [-0.3, -0.25) is 4.98 Å². The molecule has 0 aliphatic heterocycles. The van der Waals surface area contributed by atoms with Gasteiger partial charge in [0.1, 0.15) is 4.99 Å². The Morgan fingerprint density at radius 2 is 2.00 bits per heavy atom. The van der Waals surface area contributed by atoms with E-state index in [1.807, 2.05) is 48.3 Å². The normalized spacial score (nSPS) is 9.94. The molecule has 0 amide bonds. The summed E-state index contributed by atoms with van der Waals surface area (Å²) in [7, 11) is 1.97. The van der Waals surface area contributed by atoms with Gasteiger partial charge in [-0.05, 0) is 24.3 Å². The van der Waals surface area contributed by atoms with Crippen LogP contribution in [0.3, 0.4) is 0 Å². The van der Waals surface area contributed by atoms with E-state index >= 15 is 0 Å². The van der Waals surface area contributed by atoms with Crippen LogP contribution in [0.25, 0.3) is 0 Å². The molecule has 0 aliphatic rings. The predicted octanol–water partition coefficient (Wildman–Crippen LogP) is 2.48. The molecule has 0 unspecified atom stereocenters. The summed E-state index contributed by atoms with van der Waals surface area (Å²) in [6, 6.07) is 11.7. The molecule has 0 bridgehead atoms. The van der Waals surface area contributed by atoms with E-state index in [9.17, 15) is 0 Å². The first-order valence-corrected chi connectivity index (χ1v) is 5.63. The van der Waals surface area contributed by atoms with Crippen molar-refractivity contribution >= 4 is 28.6 Å². The van der Waals surface area contributed by atoms with Crippen molar-refractivity contribution in [2.24, 2.45) is 5.73 Å². The molecule has 0 spiro atoms. The first-order chi connectivity index (χ1) is 8.20. The molecule has 1 aromatic carbocycles. The van der Waals surface area contributed by atoms with Crippen LogP contribution in [-0.4, -0.2) is 17.0 Å². The quantitative estimate of drug-likeness (QED) is 0.841. The van der Waals surface area contributed by atoms with Crippen LogP contribution in [0.5, 0.6) is 0 Å². The summed E-state index contributed by atoms with van der Waals surface area (Å²) >= 11 is 5.05. The monoisotopic (exact) mass is 243 g/mol. The summed E-state index contributed by atoms with van der Waals surface area (Å²) in [5.41, 5.74) is 8.57. The fourth-order valence-corrected chi connectivity index (χ4v) is 1.84. The van der Waals surface area contributed by atoms with Crippen molar-refractivity contribution in [1.82, 2.24) is 4.98 Å². The lowest BCUT2D eigenvalue weighted by molar-refractivity contribution is 1.17. The number of hydrogen-bond donors (Lipinski definition) is 1. The molecule has 4 heteroatoms. The maximum absolute atomic E-state index is 5.72. The number of thiocarbonyl (C=S) groups is 1. The molecule has 1 aromatic heterocycles. The van der Waals surface area contributed by atoms with Crippen LogP contribution >= 0.6 is 12.2 Å². The van der Waals surface area contributed by atoms with Crippen LogP contribution in [-0.2, 0) is 0 Å². The van der Waals surface area contributed by atoms with Crippen molar-refractivity contribution < 1.29 is 0 Å². The van der Waals surface area contributed by atoms with Gasteiger partial charge in [-0.25, -0.2) is 0 Å². The molecule has 2 N–H and O–H groups in total. The fraction of sp³-hybridized carbons (Fsp3) is 0.0769. The Morgan fingerprint density at radius 3 is 2.65 bits per heavy atom. The summed E-state index contributed by atoms with van der Waals surface area (Å²) in [4.78, 5) is 6.51. The Bertz CT molecular complexity index is 525. The minimum absolute atomic E-state index is 0.399. The molecule has 0 saturated carbocycles. The van der Waals surface area contributed by atoms with Crippen LogP contribution in [0.15, 0.2) is 48.8 Å². The molecule has 0 fully saturated rings. The average Bonchev–Trinajstić information content (AvgIpc) is 2.39. The minimum atomic E-state index is 0.399. The van der Waals surface area contributed by atoms with Crippen molar-refractivity contribution in [2.75, 3.05) is 11.9 Å². The molecule has 1 heterocycles. The molecule has 0 radical (unpaired) electrons. The maximum Gasteiger partial charge on any atom is 0.106 e. The topological polar surface area (TPSA) is 42.2 Å². The van der Waals surface area contributed by atoms with Crippen molar-refractivity contribution in [3.8, 4) is 0 Å². The van der Waals surface area contributed by atoms with Gasteiger partial charge in [0.2, 0.25) is 0 Å². The number of rotatable bonds is 3. The van der Waals surface area contributed by atoms with E-state index in [1.54, 1.807) is 12.4 Å².